The summed E-state index contributed by atoms with van der Waals surface area (Å²) in [5.41, 5.74) is 7.39. The Morgan fingerprint density at radius 1 is 0.438 bits per heavy atom. The number of anilines is 6. The molecule has 0 aliphatic rings. The molecule has 0 aliphatic heterocycles. The summed E-state index contributed by atoms with van der Waals surface area (Å²) >= 11 is 0. The van der Waals surface area contributed by atoms with Crippen molar-refractivity contribution in [1.29, 1.82) is 5.26 Å². The molecule has 0 amide bonds. The minimum absolute atomic E-state index is 0.647. The Bertz CT molecular complexity index is 2440. The molecule has 0 N–H and O–H groups in total. The second kappa shape index (κ2) is 11.7. The summed E-state index contributed by atoms with van der Waals surface area (Å²) in [6.45, 7) is 7.27. The van der Waals surface area contributed by atoms with Gasteiger partial charge in [-0.15, -0.1) is 0 Å². The molecule has 0 fully saturated rings. The molecule has 0 unspecified atom stereocenters. The van der Waals surface area contributed by atoms with E-state index in [9.17, 15) is 5.26 Å². The van der Waals surface area contributed by atoms with Crippen molar-refractivity contribution in [2.45, 2.75) is 19.6 Å². The Hall–Kier alpha value is -5.89. The molecule has 0 heterocycles. The van der Waals surface area contributed by atoms with Gasteiger partial charge in [0.15, 0.2) is 0 Å². The topological polar surface area (TPSA) is 30.3 Å². The highest BCUT2D eigenvalue weighted by Crippen LogP contribution is 2.47. The zero-order chi connectivity index (χ0) is 32.8. The second-order valence-corrected chi connectivity index (χ2v) is 18.4. The van der Waals surface area contributed by atoms with Crippen molar-refractivity contribution in [1.82, 2.24) is 0 Å². The van der Waals surface area contributed by atoms with Crippen LogP contribution in [0, 0.1) is 11.3 Å². The fourth-order valence-electron chi connectivity index (χ4n) is 7.14. The van der Waals surface area contributed by atoms with E-state index >= 15 is 0 Å². The van der Waals surface area contributed by atoms with Gasteiger partial charge in [0.1, 0.15) is 0 Å². The molecule has 8 rings (SSSR count). The fraction of sp³-hybridized carbons (Fsp3) is 0.0682. The van der Waals surface area contributed by atoms with Gasteiger partial charge in [-0.1, -0.05) is 111 Å². The van der Waals surface area contributed by atoms with E-state index in [0.29, 0.717) is 5.56 Å². The number of hydrogen-bond acceptors (Lipinski definition) is 3. The number of nitriles is 1. The van der Waals surface area contributed by atoms with Crippen LogP contribution in [0.5, 0.6) is 0 Å². The largest absolute Gasteiger partial charge is 0.310 e. The van der Waals surface area contributed by atoms with Gasteiger partial charge in [-0.05, 0) is 93.5 Å². The smallest absolute Gasteiger partial charge is 0.0991 e. The average Bonchev–Trinajstić information content (AvgIpc) is 3.13. The number of para-hydroxylation sites is 3. The lowest BCUT2D eigenvalue weighted by molar-refractivity contribution is 1.29. The van der Waals surface area contributed by atoms with E-state index in [-0.39, 0.29) is 0 Å². The highest BCUT2D eigenvalue weighted by atomic mass is 28.3. The summed E-state index contributed by atoms with van der Waals surface area (Å²) in [5, 5.41) is 18.3. The molecule has 3 nitrogen and oxygen atoms in total. The van der Waals surface area contributed by atoms with E-state index in [1.165, 1.54) is 48.9 Å². The van der Waals surface area contributed by atoms with Crippen LogP contribution in [0.2, 0.25) is 19.6 Å². The van der Waals surface area contributed by atoms with Gasteiger partial charge in [0, 0.05) is 33.5 Å². The molecule has 0 radical (unpaired) electrons. The third kappa shape index (κ3) is 4.97. The van der Waals surface area contributed by atoms with Gasteiger partial charge in [0.25, 0.3) is 0 Å². The molecular weight excluding hydrogens is 599 g/mol. The molecule has 0 saturated heterocycles. The molecule has 0 spiro atoms. The van der Waals surface area contributed by atoms with E-state index in [2.05, 4.69) is 163 Å². The van der Waals surface area contributed by atoms with Crippen LogP contribution in [0.1, 0.15) is 5.56 Å². The lowest BCUT2D eigenvalue weighted by Gasteiger charge is -2.32. The summed E-state index contributed by atoms with van der Waals surface area (Å²) in [6.07, 6.45) is 0. The maximum Gasteiger partial charge on any atom is 0.0991 e. The van der Waals surface area contributed by atoms with E-state index in [4.69, 9.17) is 0 Å². The lowest BCUT2D eigenvalue weighted by atomic mass is 9.91. The van der Waals surface area contributed by atoms with E-state index in [1.54, 1.807) is 0 Å². The Balaban J connectivity index is 1.41. The Morgan fingerprint density at radius 3 is 1.44 bits per heavy atom. The first-order valence-corrected chi connectivity index (χ1v) is 19.9. The van der Waals surface area contributed by atoms with Crippen molar-refractivity contribution in [2.24, 2.45) is 0 Å². The standard InChI is InChI=1S/C44H35N3Si/c1-48(2,3)42-17-11-10-16-41(42)47(35-14-8-5-9-15-35)40-29-23-33-20-26-37-39(28-22-32-21-27-38(40)44(33)43(32)37)46(34-12-6-4-7-13-34)36-24-18-31(30-45)19-25-36/h4-29H,1-3H3. The van der Waals surface area contributed by atoms with Gasteiger partial charge in [-0.25, -0.2) is 0 Å². The fourth-order valence-corrected chi connectivity index (χ4v) is 8.70. The zero-order valence-electron chi connectivity index (χ0n) is 27.4. The van der Waals surface area contributed by atoms with Crippen molar-refractivity contribution in [3.63, 3.8) is 0 Å². The summed E-state index contributed by atoms with van der Waals surface area (Å²) in [4.78, 5) is 4.77. The van der Waals surface area contributed by atoms with Gasteiger partial charge >= 0.3 is 0 Å². The molecule has 0 aromatic heterocycles. The van der Waals surface area contributed by atoms with E-state index in [0.717, 1.165) is 22.7 Å². The van der Waals surface area contributed by atoms with Crippen molar-refractivity contribution >= 4 is 79.7 Å². The molecule has 8 aromatic carbocycles. The number of rotatable bonds is 7. The van der Waals surface area contributed by atoms with Crippen molar-refractivity contribution in [3.8, 4) is 6.07 Å². The number of benzene rings is 8. The monoisotopic (exact) mass is 633 g/mol. The molecular formula is C44H35N3Si. The molecule has 0 saturated carbocycles. The molecule has 0 bridgehead atoms. The van der Waals surface area contributed by atoms with Crippen LogP contribution in [0.25, 0.3) is 32.3 Å². The maximum atomic E-state index is 9.50. The predicted octanol–water partition coefficient (Wildman–Crippen LogP) is 11.9. The van der Waals surface area contributed by atoms with Crippen LogP contribution in [0.15, 0.2) is 158 Å². The van der Waals surface area contributed by atoms with Crippen molar-refractivity contribution < 1.29 is 0 Å². The first-order chi connectivity index (χ1) is 23.4. The second-order valence-electron chi connectivity index (χ2n) is 13.4. The molecule has 4 heteroatoms. The van der Waals surface area contributed by atoms with Gasteiger partial charge in [0.05, 0.1) is 31.1 Å². The normalized spacial score (nSPS) is 11.6. The number of hydrogen-bond donors (Lipinski definition) is 0. The Labute approximate surface area is 282 Å². The Kier molecular flexibility index (Phi) is 7.21. The molecule has 0 atom stereocenters. The van der Waals surface area contributed by atoms with Crippen LogP contribution in [0.4, 0.5) is 34.1 Å². The third-order valence-electron chi connectivity index (χ3n) is 9.34. The molecule has 0 aliphatic carbocycles. The van der Waals surface area contributed by atoms with Crippen molar-refractivity contribution in [2.75, 3.05) is 9.80 Å². The SMILES string of the molecule is C[Si](C)(C)c1ccccc1N(c1ccccc1)c1ccc2ccc3c(N(c4ccccc4)c4ccc(C#N)cc4)ccc4ccc1c2c43. The summed E-state index contributed by atoms with van der Waals surface area (Å²) < 4.78 is 0. The minimum Gasteiger partial charge on any atom is -0.310 e. The van der Waals surface area contributed by atoms with Crippen molar-refractivity contribution in [3.05, 3.63) is 163 Å². The van der Waals surface area contributed by atoms with Crippen LogP contribution in [-0.2, 0) is 0 Å². The van der Waals surface area contributed by atoms with E-state index in [1.807, 2.05) is 30.3 Å². The molecule has 230 valence electrons. The van der Waals surface area contributed by atoms with Gasteiger partial charge in [-0.3, -0.25) is 0 Å². The predicted molar refractivity (Wildman–Crippen MR) is 207 cm³/mol. The average molecular weight is 634 g/mol. The first-order valence-electron chi connectivity index (χ1n) is 16.4. The van der Waals surface area contributed by atoms with E-state index < -0.39 is 8.07 Å². The molecule has 8 aromatic rings. The summed E-state index contributed by atoms with van der Waals surface area (Å²) in [6, 6.07) is 58.5. The maximum absolute atomic E-state index is 9.50. The third-order valence-corrected chi connectivity index (χ3v) is 11.4. The van der Waals surface area contributed by atoms with Crippen LogP contribution in [-0.4, -0.2) is 8.07 Å². The number of nitrogens with zero attached hydrogens (tertiary/aromatic N) is 3. The van der Waals surface area contributed by atoms with Crippen LogP contribution >= 0.6 is 0 Å². The highest BCUT2D eigenvalue weighted by molar-refractivity contribution is 6.89. The van der Waals surface area contributed by atoms with Crippen LogP contribution < -0.4 is 15.0 Å². The van der Waals surface area contributed by atoms with Gasteiger partial charge in [0.2, 0.25) is 0 Å². The first kappa shape index (κ1) is 29.5. The minimum atomic E-state index is -1.69. The Morgan fingerprint density at radius 2 is 0.896 bits per heavy atom. The lowest BCUT2D eigenvalue weighted by Crippen LogP contribution is -2.40. The van der Waals surface area contributed by atoms with Gasteiger partial charge in [-0.2, -0.15) is 5.26 Å². The highest BCUT2D eigenvalue weighted by Gasteiger charge is 2.26. The summed E-state index contributed by atoms with van der Waals surface area (Å²) in [7, 11) is -1.69. The summed E-state index contributed by atoms with van der Waals surface area (Å²) in [5.74, 6) is 0. The van der Waals surface area contributed by atoms with Gasteiger partial charge < -0.3 is 9.80 Å². The zero-order valence-corrected chi connectivity index (χ0v) is 28.4. The van der Waals surface area contributed by atoms with Crippen LogP contribution in [0.3, 0.4) is 0 Å². The quantitative estimate of drug-likeness (QED) is 0.129. The molecule has 48 heavy (non-hydrogen) atoms.